The normalized spacial score (nSPS) is 31.1. The third-order valence-corrected chi connectivity index (χ3v) is 2.08. The number of hydrogen-bond donors (Lipinski definition) is 1. The molecule has 1 aliphatic heterocycles. The van der Waals surface area contributed by atoms with E-state index < -0.39 is 12.1 Å². The molecule has 0 saturated carbocycles. The van der Waals surface area contributed by atoms with E-state index in [1.165, 1.54) is 4.90 Å². The third-order valence-electron chi connectivity index (χ3n) is 2.08. The first-order valence-corrected chi connectivity index (χ1v) is 3.57. The highest BCUT2D eigenvalue weighted by Crippen LogP contribution is 2.18. The van der Waals surface area contributed by atoms with Crippen molar-refractivity contribution in [2.75, 3.05) is 6.54 Å². The Morgan fingerprint density at radius 1 is 1.64 bits per heavy atom. The van der Waals surface area contributed by atoms with Gasteiger partial charge in [-0.3, -0.25) is 9.69 Å². The number of ketones is 1. The van der Waals surface area contributed by atoms with Crippen molar-refractivity contribution in [1.82, 2.24) is 4.90 Å². The zero-order valence-electron chi connectivity index (χ0n) is 6.57. The number of Topliss-reactive ketones (excluding diaryl/α,β-unsaturated/α-hetero) is 1. The molecule has 4 heteroatoms. The lowest BCUT2D eigenvalue weighted by Gasteiger charge is -2.14. The van der Waals surface area contributed by atoms with E-state index >= 15 is 0 Å². The van der Waals surface area contributed by atoms with Gasteiger partial charge in [0.1, 0.15) is 0 Å². The van der Waals surface area contributed by atoms with E-state index in [1.807, 2.05) is 0 Å². The van der Waals surface area contributed by atoms with Crippen LogP contribution in [-0.2, 0) is 4.79 Å². The van der Waals surface area contributed by atoms with E-state index in [1.54, 1.807) is 13.8 Å². The number of carbonyl (C=O) groups excluding carboxylic acids is 1. The van der Waals surface area contributed by atoms with Crippen LogP contribution in [-0.4, -0.2) is 34.5 Å². The third kappa shape index (κ3) is 1.20. The SMILES string of the molecule is CC1CN(C(=O)O)C(C)C1=O. The molecule has 4 nitrogen and oxygen atoms in total. The Hall–Kier alpha value is -1.06. The minimum Gasteiger partial charge on any atom is -0.465 e. The number of carboxylic acid groups (broad SMARTS) is 1. The summed E-state index contributed by atoms with van der Waals surface area (Å²) in [7, 11) is 0. The summed E-state index contributed by atoms with van der Waals surface area (Å²) in [6.07, 6.45) is -1.00. The van der Waals surface area contributed by atoms with Crippen LogP contribution in [0.2, 0.25) is 0 Å². The first kappa shape index (κ1) is 8.04. The molecule has 1 heterocycles. The van der Waals surface area contributed by atoms with Crippen LogP contribution < -0.4 is 0 Å². The molecule has 11 heavy (non-hydrogen) atoms. The Kier molecular flexibility index (Phi) is 1.85. The molecule has 0 bridgehead atoms. The Bertz CT molecular complexity index is 202. The first-order chi connectivity index (χ1) is 5.04. The minimum absolute atomic E-state index is 0.0207. The molecule has 1 rings (SSSR count). The van der Waals surface area contributed by atoms with Crippen molar-refractivity contribution >= 4 is 11.9 Å². The predicted octanol–water partition coefficient (Wildman–Crippen LogP) is 0.574. The van der Waals surface area contributed by atoms with Crippen LogP contribution in [0.5, 0.6) is 0 Å². The molecule has 2 unspecified atom stereocenters. The molecule has 0 aromatic carbocycles. The van der Waals surface area contributed by atoms with E-state index in [4.69, 9.17) is 5.11 Å². The number of likely N-dealkylation sites (tertiary alicyclic amines) is 1. The summed E-state index contributed by atoms with van der Waals surface area (Å²) in [4.78, 5) is 22.8. The smallest absolute Gasteiger partial charge is 0.407 e. The molecule has 0 radical (unpaired) electrons. The maximum Gasteiger partial charge on any atom is 0.407 e. The van der Waals surface area contributed by atoms with Crippen molar-refractivity contribution in [3.8, 4) is 0 Å². The van der Waals surface area contributed by atoms with Gasteiger partial charge in [-0.05, 0) is 6.92 Å². The molecule has 1 amide bonds. The van der Waals surface area contributed by atoms with Gasteiger partial charge in [0.15, 0.2) is 5.78 Å². The van der Waals surface area contributed by atoms with Crippen molar-refractivity contribution in [2.24, 2.45) is 5.92 Å². The van der Waals surface area contributed by atoms with E-state index in [2.05, 4.69) is 0 Å². The standard InChI is InChI=1S/C7H11NO3/c1-4-3-8(7(10)11)5(2)6(4)9/h4-5H,3H2,1-2H3,(H,10,11). The van der Waals surface area contributed by atoms with Crippen molar-refractivity contribution < 1.29 is 14.7 Å². The van der Waals surface area contributed by atoms with Crippen molar-refractivity contribution in [1.29, 1.82) is 0 Å². The van der Waals surface area contributed by atoms with Gasteiger partial charge in [-0.1, -0.05) is 6.92 Å². The van der Waals surface area contributed by atoms with Crippen molar-refractivity contribution in [2.45, 2.75) is 19.9 Å². The molecular weight excluding hydrogens is 146 g/mol. The molecule has 1 N–H and O–H groups in total. The monoisotopic (exact) mass is 157 g/mol. The van der Waals surface area contributed by atoms with E-state index in [0.29, 0.717) is 6.54 Å². The van der Waals surface area contributed by atoms with Gasteiger partial charge in [0, 0.05) is 12.5 Å². The fraction of sp³-hybridized carbons (Fsp3) is 0.714. The number of nitrogens with zero attached hydrogens (tertiary/aromatic N) is 1. The van der Waals surface area contributed by atoms with Crippen LogP contribution >= 0.6 is 0 Å². The number of carbonyl (C=O) groups is 2. The van der Waals surface area contributed by atoms with Gasteiger partial charge in [0.25, 0.3) is 0 Å². The molecule has 62 valence electrons. The molecule has 0 spiro atoms. The summed E-state index contributed by atoms with van der Waals surface area (Å²) >= 11 is 0. The summed E-state index contributed by atoms with van der Waals surface area (Å²) in [5, 5.41) is 8.59. The van der Waals surface area contributed by atoms with Gasteiger partial charge in [-0.15, -0.1) is 0 Å². The minimum atomic E-state index is -1.00. The fourth-order valence-corrected chi connectivity index (χ4v) is 1.35. The lowest BCUT2D eigenvalue weighted by molar-refractivity contribution is -0.121. The zero-order valence-corrected chi connectivity index (χ0v) is 6.57. The highest BCUT2D eigenvalue weighted by atomic mass is 16.4. The molecule has 0 aliphatic carbocycles. The molecule has 1 aliphatic rings. The summed E-state index contributed by atoms with van der Waals surface area (Å²) < 4.78 is 0. The maximum absolute atomic E-state index is 11.1. The van der Waals surface area contributed by atoms with Gasteiger partial charge >= 0.3 is 6.09 Å². The predicted molar refractivity (Wildman–Crippen MR) is 38.4 cm³/mol. The lowest BCUT2D eigenvalue weighted by Crippen LogP contribution is -2.34. The zero-order chi connectivity index (χ0) is 8.59. The Morgan fingerprint density at radius 2 is 2.18 bits per heavy atom. The fourth-order valence-electron chi connectivity index (χ4n) is 1.35. The second-order valence-corrected chi connectivity index (χ2v) is 2.91. The van der Waals surface area contributed by atoms with E-state index in [0.717, 1.165) is 0 Å². The Labute approximate surface area is 64.8 Å². The van der Waals surface area contributed by atoms with Crippen molar-refractivity contribution in [3.63, 3.8) is 0 Å². The summed E-state index contributed by atoms with van der Waals surface area (Å²) in [5.41, 5.74) is 0. The van der Waals surface area contributed by atoms with Crippen LogP contribution in [0.4, 0.5) is 4.79 Å². The van der Waals surface area contributed by atoms with Crippen LogP contribution in [0.1, 0.15) is 13.8 Å². The van der Waals surface area contributed by atoms with E-state index in [-0.39, 0.29) is 11.7 Å². The van der Waals surface area contributed by atoms with Gasteiger partial charge in [0.05, 0.1) is 6.04 Å². The molecule has 1 fully saturated rings. The maximum atomic E-state index is 11.1. The summed E-state index contributed by atoms with van der Waals surface area (Å²) in [6, 6.07) is -0.456. The summed E-state index contributed by atoms with van der Waals surface area (Å²) in [5.74, 6) is -0.117. The van der Waals surface area contributed by atoms with Crippen LogP contribution in [0, 0.1) is 5.92 Å². The molecule has 0 aromatic heterocycles. The van der Waals surface area contributed by atoms with Crippen LogP contribution in [0.15, 0.2) is 0 Å². The quantitative estimate of drug-likeness (QED) is 0.559. The van der Waals surface area contributed by atoms with Gasteiger partial charge in [-0.25, -0.2) is 4.79 Å². The van der Waals surface area contributed by atoms with Gasteiger partial charge in [-0.2, -0.15) is 0 Å². The van der Waals surface area contributed by atoms with Gasteiger partial charge < -0.3 is 5.11 Å². The largest absolute Gasteiger partial charge is 0.465 e. The Balaban J connectivity index is 2.75. The summed E-state index contributed by atoms with van der Waals surface area (Å²) in [6.45, 7) is 3.72. The molecule has 2 atom stereocenters. The second-order valence-electron chi connectivity index (χ2n) is 2.91. The highest BCUT2D eigenvalue weighted by molar-refractivity contribution is 5.91. The lowest BCUT2D eigenvalue weighted by atomic mass is 10.1. The van der Waals surface area contributed by atoms with Crippen molar-refractivity contribution in [3.05, 3.63) is 0 Å². The van der Waals surface area contributed by atoms with E-state index in [9.17, 15) is 9.59 Å². The average molecular weight is 157 g/mol. The Morgan fingerprint density at radius 3 is 2.36 bits per heavy atom. The van der Waals surface area contributed by atoms with Gasteiger partial charge in [0.2, 0.25) is 0 Å². The topological polar surface area (TPSA) is 57.6 Å². The molecule has 0 aromatic rings. The van der Waals surface area contributed by atoms with Crippen LogP contribution in [0.25, 0.3) is 0 Å². The molecular formula is C7H11NO3. The number of hydrogen-bond acceptors (Lipinski definition) is 2. The second kappa shape index (κ2) is 2.53. The molecule has 1 saturated heterocycles. The van der Waals surface area contributed by atoms with Crippen LogP contribution in [0.3, 0.4) is 0 Å². The number of amides is 1. The number of rotatable bonds is 0. The average Bonchev–Trinajstić information content (AvgIpc) is 2.17. The highest BCUT2D eigenvalue weighted by Gasteiger charge is 2.37. The first-order valence-electron chi connectivity index (χ1n) is 3.57.